The Morgan fingerprint density at radius 2 is 2.04 bits per heavy atom. The SMILES string of the molecule is COc1ccc(NC(=O)CN(C)C(=O)CCc2nc(-c3ccsc3)no2)cc1. The van der Waals surface area contributed by atoms with Crippen molar-refractivity contribution in [3.05, 3.63) is 47.0 Å². The molecule has 9 heteroatoms. The average molecular weight is 400 g/mol. The lowest BCUT2D eigenvalue weighted by molar-refractivity contribution is -0.133. The maximum absolute atomic E-state index is 12.3. The summed E-state index contributed by atoms with van der Waals surface area (Å²) >= 11 is 1.55. The number of rotatable bonds is 8. The highest BCUT2D eigenvalue weighted by atomic mass is 32.1. The fraction of sp³-hybridized carbons (Fsp3) is 0.263. The molecule has 28 heavy (non-hydrogen) atoms. The number of aryl methyl sites for hydroxylation is 1. The number of nitrogens with zero attached hydrogens (tertiary/aromatic N) is 3. The number of thiophene rings is 1. The molecule has 0 bridgehead atoms. The highest BCUT2D eigenvalue weighted by Crippen LogP contribution is 2.19. The summed E-state index contributed by atoms with van der Waals surface area (Å²) in [5.41, 5.74) is 1.53. The van der Waals surface area contributed by atoms with Crippen LogP contribution in [0.3, 0.4) is 0 Å². The molecule has 0 unspecified atom stereocenters. The van der Waals surface area contributed by atoms with E-state index in [1.807, 2.05) is 16.8 Å². The minimum Gasteiger partial charge on any atom is -0.497 e. The number of carbonyl (C=O) groups excluding carboxylic acids is 2. The third-order valence-corrected chi connectivity index (χ3v) is 4.66. The monoisotopic (exact) mass is 400 g/mol. The lowest BCUT2D eigenvalue weighted by Crippen LogP contribution is -2.35. The molecule has 0 saturated carbocycles. The van der Waals surface area contributed by atoms with Crippen LogP contribution in [-0.2, 0) is 16.0 Å². The summed E-state index contributed by atoms with van der Waals surface area (Å²) in [5, 5.41) is 10.5. The lowest BCUT2D eigenvalue weighted by atomic mass is 10.2. The van der Waals surface area contributed by atoms with E-state index in [1.54, 1.807) is 49.8 Å². The van der Waals surface area contributed by atoms with Crippen LogP contribution in [0, 0.1) is 0 Å². The molecule has 2 amide bonds. The quantitative estimate of drug-likeness (QED) is 0.624. The second kappa shape index (κ2) is 9.14. The molecule has 3 aromatic rings. The third kappa shape index (κ3) is 5.17. The lowest BCUT2D eigenvalue weighted by Gasteiger charge is -2.16. The van der Waals surface area contributed by atoms with Gasteiger partial charge in [0.05, 0.1) is 13.7 Å². The van der Waals surface area contributed by atoms with E-state index in [-0.39, 0.29) is 24.8 Å². The topological polar surface area (TPSA) is 97.6 Å². The Bertz CT molecular complexity index is 922. The number of ether oxygens (including phenoxy) is 1. The molecule has 0 saturated heterocycles. The molecule has 3 rings (SSSR count). The predicted molar refractivity (Wildman–Crippen MR) is 105 cm³/mol. The minimum absolute atomic E-state index is 0.0468. The Kier molecular flexibility index (Phi) is 6.38. The van der Waals surface area contributed by atoms with Gasteiger partial charge in [0.25, 0.3) is 0 Å². The van der Waals surface area contributed by atoms with Gasteiger partial charge >= 0.3 is 0 Å². The highest BCUT2D eigenvalue weighted by Gasteiger charge is 2.16. The normalized spacial score (nSPS) is 10.5. The Morgan fingerprint density at radius 1 is 1.25 bits per heavy atom. The summed E-state index contributed by atoms with van der Waals surface area (Å²) in [6, 6.07) is 8.87. The summed E-state index contributed by atoms with van der Waals surface area (Å²) < 4.78 is 10.3. The molecule has 0 aliphatic carbocycles. The average Bonchev–Trinajstić information content (AvgIpc) is 3.38. The number of nitrogens with one attached hydrogen (secondary N) is 1. The maximum atomic E-state index is 12.3. The van der Waals surface area contributed by atoms with E-state index in [9.17, 15) is 9.59 Å². The number of hydrogen-bond donors (Lipinski definition) is 1. The smallest absolute Gasteiger partial charge is 0.243 e. The van der Waals surface area contributed by atoms with Gasteiger partial charge < -0.3 is 19.5 Å². The maximum Gasteiger partial charge on any atom is 0.243 e. The van der Waals surface area contributed by atoms with Gasteiger partial charge in [-0.15, -0.1) is 0 Å². The van der Waals surface area contributed by atoms with Crippen molar-refractivity contribution in [2.24, 2.45) is 0 Å². The second-order valence-corrected chi connectivity index (χ2v) is 6.83. The summed E-state index contributed by atoms with van der Waals surface area (Å²) in [6.45, 7) is -0.0468. The standard InChI is InChI=1S/C19H20N4O4S/c1-23(11-16(24)20-14-3-5-15(26-2)6-4-14)18(25)8-7-17-21-19(22-27-17)13-9-10-28-12-13/h3-6,9-10,12H,7-8,11H2,1-2H3,(H,20,24). The van der Waals surface area contributed by atoms with Crippen molar-refractivity contribution in [1.29, 1.82) is 0 Å². The number of methoxy groups -OCH3 is 1. The van der Waals surface area contributed by atoms with E-state index in [4.69, 9.17) is 9.26 Å². The molecule has 0 fully saturated rings. The van der Waals surface area contributed by atoms with Gasteiger partial charge in [0, 0.05) is 36.5 Å². The van der Waals surface area contributed by atoms with Gasteiger partial charge in [-0.2, -0.15) is 16.3 Å². The van der Waals surface area contributed by atoms with E-state index in [0.717, 1.165) is 5.56 Å². The van der Waals surface area contributed by atoms with Gasteiger partial charge in [-0.05, 0) is 35.7 Å². The van der Waals surface area contributed by atoms with Crippen molar-refractivity contribution in [2.75, 3.05) is 26.0 Å². The van der Waals surface area contributed by atoms with Crippen molar-refractivity contribution in [2.45, 2.75) is 12.8 Å². The summed E-state index contributed by atoms with van der Waals surface area (Å²) in [7, 11) is 3.16. The first kappa shape index (κ1) is 19.6. The predicted octanol–water partition coefficient (Wildman–Crippen LogP) is 2.84. The van der Waals surface area contributed by atoms with Gasteiger partial charge in [-0.25, -0.2) is 0 Å². The molecule has 0 atom stereocenters. The van der Waals surface area contributed by atoms with E-state index in [0.29, 0.717) is 29.6 Å². The first-order valence-electron chi connectivity index (χ1n) is 8.58. The van der Waals surface area contributed by atoms with Gasteiger partial charge in [0.15, 0.2) is 0 Å². The Labute approximate surface area is 166 Å². The van der Waals surface area contributed by atoms with E-state index in [2.05, 4.69) is 15.5 Å². The van der Waals surface area contributed by atoms with Crippen LogP contribution in [0.5, 0.6) is 5.75 Å². The van der Waals surface area contributed by atoms with Crippen molar-refractivity contribution < 1.29 is 18.8 Å². The molecular formula is C19H20N4O4S. The number of hydrogen-bond acceptors (Lipinski definition) is 7. The zero-order valence-corrected chi connectivity index (χ0v) is 16.4. The van der Waals surface area contributed by atoms with E-state index < -0.39 is 0 Å². The van der Waals surface area contributed by atoms with Crippen LogP contribution in [0.25, 0.3) is 11.4 Å². The number of aromatic nitrogens is 2. The largest absolute Gasteiger partial charge is 0.497 e. The summed E-state index contributed by atoms with van der Waals surface area (Å²) in [4.78, 5) is 30.0. The highest BCUT2D eigenvalue weighted by molar-refractivity contribution is 7.08. The molecule has 8 nitrogen and oxygen atoms in total. The number of likely N-dealkylation sites (N-methyl/N-ethyl adjacent to an activating group) is 1. The van der Waals surface area contributed by atoms with Crippen LogP contribution in [0.15, 0.2) is 45.6 Å². The summed E-state index contributed by atoms with van der Waals surface area (Å²) in [6.07, 6.45) is 0.498. The van der Waals surface area contributed by atoms with Crippen LogP contribution in [0.1, 0.15) is 12.3 Å². The van der Waals surface area contributed by atoms with Crippen molar-refractivity contribution >= 4 is 28.8 Å². The van der Waals surface area contributed by atoms with Gasteiger partial charge in [0.1, 0.15) is 5.75 Å². The number of carbonyl (C=O) groups is 2. The van der Waals surface area contributed by atoms with Crippen LogP contribution >= 0.6 is 11.3 Å². The number of anilines is 1. The van der Waals surface area contributed by atoms with Crippen molar-refractivity contribution in [3.63, 3.8) is 0 Å². The number of benzene rings is 1. The van der Waals surface area contributed by atoms with E-state index in [1.165, 1.54) is 4.90 Å². The molecule has 0 spiro atoms. The van der Waals surface area contributed by atoms with Crippen LogP contribution < -0.4 is 10.1 Å². The van der Waals surface area contributed by atoms with Crippen LogP contribution in [-0.4, -0.2) is 47.6 Å². The zero-order chi connectivity index (χ0) is 19.9. The fourth-order valence-electron chi connectivity index (χ4n) is 2.45. The molecule has 2 heterocycles. The Hall–Kier alpha value is -3.20. The minimum atomic E-state index is -0.279. The summed E-state index contributed by atoms with van der Waals surface area (Å²) in [5.74, 6) is 1.15. The first-order valence-corrected chi connectivity index (χ1v) is 9.52. The molecule has 0 aliphatic rings. The van der Waals surface area contributed by atoms with Gasteiger partial charge in [0.2, 0.25) is 23.5 Å². The molecule has 1 aromatic carbocycles. The Morgan fingerprint density at radius 3 is 2.71 bits per heavy atom. The van der Waals surface area contributed by atoms with Crippen molar-refractivity contribution in [1.82, 2.24) is 15.0 Å². The second-order valence-electron chi connectivity index (χ2n) is 6.05. The van der Waals surface area contributed by atoms with Gasteiger partial charge in [-0.3, -0.25) is 9.59 Å². The fourth-order valence-corrected chi connectivity index (χ4v) is 3.08. The van der Waals surface area contributed by atoms with Crippen molar-refractivity contribution in [3.8, 4) is 17.1 Å². The Balaban J connectivity index is 1.45. The molecule has 1 N–H and O–H groups in total. The zero-order valence-electron chi connectivity index (χ0n) is 15.5. The van der Waals surface area contributed by atoms with Gasteiger partial charge in [-0.1, -0.05) is 5.16 Å². The molecule has 0 aliphatic heterocycles. The first-order chi connectivity index (χ1) is 13.5. The van der Waals surface area contributed by atoms with Crippen LogP contribution in [0.2, 0.25) is 0 Å². The van der Waals surface area contributed by atoms with E-state index >= 15 is 0 Å². The number of amides is 2. The molecule has 2 aromatic heterocycles. The molecular weight excluding hydrogens is 380 g/mol. The molecule has 0 radical (unpaired) electrons. The molecule has 146 valence electrons. The third-order valence-electron chi connectivity index (χ3n) is 3.98. The van der Waals surface area contributed by atoms with Crippen LogP contribution in [0.4, 0.5) is 5.69 Å².